The first kappa shape index (κ1) is 12.0. The summed E-state index contributed by atoms with van der Waals surface area (Å²) in [6, 6.07) is 3.86. The molecule has 1 aromatic carbocycles. The first-order valence-electron chi connectivity index (χ1n) is 5.93. The standard InChI is InChI=1S/C13H19NO3/c1-9(14)8-10-11(15-2)4-5-12-13(10)17-7-3-6-16-12/h4-5,9H,3,6-8,14H2,1-2H3. The highest BCUT2D eigenvalue weighted by molar-refractivity contribution is 5.54. The molecule has 4 nitrogen and oxygen atoms in total. The minimum absolute atomic E-state index is 0.0576. The lowest BCUT2D eigenvalue weighted by molar-refractivity contribution is 0.295. The Hall–Kier alpha value is -1.42. The zero-order chi connectivity index (χ0) is 12.3. The second-order valence-corrected chi connectivity index (χ2v) is 4.31. The van der Waals surface area contributed by atoms with Crippen LogP contribution in [-0.4, -0.2) is 26.4 Å². The van der Waals surface area contributed by atoms with Gasteiger partial charge < -0.3 is 19.9 Å². The fourth-order valence-corrected chi connectivity index (χ4v) is 1.98. The minimum Gasteiger partial charge on any atom is -0.496 e. The summed E-state index contributed by atoms with van der Waals surface area (Å²) < 4.78 is 16.8. The number of rotatable bonds is 3. The van der Waals surface area contributed by atoms with Crippen molar-refractivity contribution in [3.8, 4) is 17.2 Å². The van der Waals surface area contributed by atoms with Crippen LogP contribution in [0.2, 0.25) is 0 Å². The lowest BCUT2D eigenvalue weighted by Crippen LogP contribution is -2.19. The van der Waals surface area contributed by atoms with Gasteiger partial charge >= 0.3 is 0 Å². The number of nitrogens with two attached hydrogens (primary N) is 1. The van der Waals surface area contributed by atoms with Crippen LogP contribution in [0.1, 0.15) is 18.9 Å². The second kappa shape index (κ2) is 5.27. The van der Waals surface area contributed by atoms with Gasteiger partial charge in [-0.25, -0.2) is 0 Å². The van der Waals surface area contributed by atoms with Crippen molar-refractivity contribution in [1.29, 1.82) is 0 Å². The molecule has 2 rings (SSSR count). The Labute approximate surface area is 102 Å². The SMILES string of the molecule is COc1ccc2c(c1CC(C)N)OCCCO2. The molecule has 0 aliphatic carbocycles. The van der Waals surface area contributed by atoms with E-state index in [1.54, 1.807) is 7.11 Å². The first-order valence-corrected chi connectivity index (χ1v) is 5.93. The summed E-state index contributed by atoms with van der Waals surface area (Å²) in [4.78, 5) is 0. The molecule has 0 fully saturated rings. The molecule has 0 radical (unpaired) electrons. The van der Waals surface area contributed by atoms with Crippen LogP contribution in [0, 0.1) is 0 Å². The topological polar surface area (TPSA) is 53.7 Å². The van der Waals surface area contributed by atoms with Gasteiger partial charge in [-0.05, 0) is 25.5 Å². The van der Waals surface area contributed by atoms with Crippen LogP contribution in [0.15, 0.2) is 12.1 Å². The molecule has 1 atom stereocenters. The molecule has 2 N–H and O–H groups in total. The van der Waals surface area contributed by atoms with Crippen molar-refractivity contribution < 1.29 is 14.2 Å². The maximum atomic E-state index is 5.87. The average Bonchev–Trinajstić information content (AvgIpc) is 2.54. The van der Waals surface area contributed by atoms with Gasteiger partial charge in [0.15, 0.2) is 11.5 Å². The van der Waals surface area contributed by atoms with E-state index in [0.717, 1.165) is 35.7 Å². The van der Waals surface area contributed by atoms with Crippen molar-refractivity contribution >= 4 is 0 Å². The smallest absolute Gasteiger partial charge is 0.168 e. The lowest BCUT2D eigenvalue weighted by Gasteiger charge is -2.17. The Morgan fingerprint density at radius 1 is 1.35 bits per heavy atom. The van der Waals surface area contributed by atoms with E-state index in [0.29, 0.717) is 13.2 Å². The summed E-state index contributed by atoms with van der Waals surface area (Å²) in [7, 11) is 1.66. The van der Waals surface area contributed by atoms with E-state index < -0.39 is 0 Å². The van der Waals surface area contributed by atoms with Gasteiger partial charge in [-0.3, -0.25) is 0 Å². The summed E-state index contributed by atoms with van der Waals surface area (Å²) in [5, 5.41) is 0. The van der Waals surface area contributed by atoms with Crippen LogP contribution in [0.3, 0.4) is 0 Å². The van der Waals surface area contributed by atoms with Crippen LogP contribution < -0.4 is 19.9 Å². The molecule has 1 heterocycles. The molecule has 0 aromatic heterocycles. The Kier molecular flexibility index (Phi) is 3.74. The average molecular weight is 237 g/mol. The van der Waals surface area contributed by atoms with Crippen LogP contribution in [0.5, 0.6) is 17.2 Å². The van der Waals surface area contributed by atoms with Crippen molar-refractivity contribution in [2.24, 2.45) is 5.73 Å². The molecule has 1 unspecified atom stereocenters. The van der Waals surface area contributed by atoms with Crippen molar-refractivity contribution in [2.45, 2.75) is 25.8 Å². The van der Waals surface area contributed by atoms with Crippen molar-refractivity contribution in [3.63, 3.8) is 0 Å². The van der Waals surface area contributed by atoms with Crippen molar-refractivity contribution in [3.05, 3.63) is 17.7 Å². The highest BCUT2D eigenvalue weighted by Crippen LogP contribution is 2.39. The summed E-state index contributed by atoms with van der Waals surface area (Å²) >= 11 is 0. The van der Waals surface area contributed by atoms with Gasteiger partial charge in [-0.1, -0.05) is 0 Å². The molecule has 1 aliphatic heterocycles. The number of fused-ring (bicyclic) bond motifs is 1. The highest BCUT2D eigenvalue weighted by Gasteiger charge is 2.19. The zero-order valence-electron chi connectivity index (χ0n) is 10.4. The summed E-state index contributed by atoms with van der Waals surface area (Å²) in [5.74, 6) is 2.39. The fourth-order valence-electron chi connectivity index (χ4n) is 1.98. The van der Waals surface area contributed by atoms with Gasteiger partial charge in [-0.2, -0.15) is 0 Å². The molecule has 4 heteroatoms. The summed E-state index contributed by atoms with van der Waals surface area (Å²) in [6.45, 7) is 3.33. The number of methoxy groups -OCH3 is 1. The Morgan fingerprint density at radius 3 is 2.82 bits per heavy atom. The molecule has 0 saturated heterocycles. The fraction of sp³-hybridized carbons (Fsp3) is 0.538. The maximum absolute atomic E-state index is 5.87. The quantitative estimate of drug-likeness (QED) is 0.870. The van der Waals surface area contributed by atoms with Gasteiger partial charge in [0, 0.05) is 18.0 Å². The number of hydrogen-bond acceptors (Lipinski definition) is 4. The van der Waals surface area contributed by atoms with E-state index in [1.807, 2.05) is 19.1 Å². The van der Waals surface area contributed by atoms with Crippen LogP contribution in [0.25, 0.3) is 0 Å². The molecule has 17 heavy (non-hydrogen) atoms. The molecule has 1 aliphatic rings. The van der Waals surface area contributed by atoms with E-state index in [2.05, 4.69) is 0 Å². The predicted octanol–water partition coefficient (Wildman–Crippen LogP) is 1.75. The van der Waals surface area contributed by atoms with E-state index in [1.165, 1.54) is 0 Å². The Bertz CT molecular complexity index is 390. The number of hydrogen-bond donors (Lipinski definition) is 1. The van der Waals surface area contributed by atoms with E-state index >= 15 is 0 Å². The van der Waals surface area contributed by atoms with Gasteiger partial charge in [0.2, 0.25) is 0 Å². The van der Waals surface area contributed by atoms with Gasteiger partial charge in [0.25, 0.3) is 0 Å². The second-order valence-electron chi connectivity index (χ2n) is 4.31. The van der Waals surface area contributed by atoms with Crippen molar-refractivity contribution in [2.75, 3.05) is 20.3 Å². The molecular weight excluding hydrogens is 218 g/mol. The van der Waals surface area contributed by atoms with Gasteiger partial charge in [-0.15, -0.1) is 0 Å². The molecule has 0 amide bonds. The van der Waals surface area contributed by atoms with Gasteiger partial charge in [0.1, 0.15) is 5.75 Å². The molecular formula is C13H19NO3. The van der Waals surface area contributed by atoms with Crippen LogP contribution >= 0.6 is 0 Å². The molecule has 0 saturated carbocycles. The third-order valence-corrected chi connectivity index (χ3v) is 2.72. The number of benzene rings is 1. The predicted molar refractivity (Wildman–Crippen MR) is 66.0 cm³/mol. The first-order chi connectivity index (χ1) is 8.22. The molecule has 94 valence electrons. The third kappa shape index (κ3) is 2.64. The minimum atomic E-state index is 0.0576. The summed E-state index contributed by atoms with van der Waals surface area (Å²) in [5.41, 5.74) is 6.87. The largest absolute Gasteiger partial charge is 0.496 e. The zero-order valence-corrected chi connectivity index (χ0v) is 10.4. The number of ether oxygens (including phenoxy) is 3. The monoisotopic (exact) mass is 237 g/mol. The van der Waals surface area contributed by atoms with Gasteiger partial charge in [0.05, 0.1) is 20.3 Å². The van der Waals surface area contributed by atoms with Crippen molar-refractivity contribution in [1.82, 2.24) is 0 Å². The third-order valence-electron chi connectivity index (χ3n) is 2.72. The molecule has 0 spiro atoms. The Balaban J connectivity index is 2.43. The Morgan fingerprint density at radius 2 is 2.12 bits per heavy atom. The van der Waals surface area contributed by atoms with E-state index in [4.69, 9.17) is 19.9 Å². The molecule has 0 bridgehead atoms. The molecule has 1 aromatic rings. The van der Waals surface area contributed by atoms with E-state index in [9.17, 15) is 0 Å². The van der Waals surface area contributed by atoms with Crippen LogP contribution in [0.4, 0.5) is 0 Å². The summed E-state index contributed by atoms with van der Waals surface area (Å²) in [6.07, 6.45) is 1.62. The normalized spacial score (nSPS) is 16.2. The van der Waals surface area contributed by atoms with E-state index in [-0.39, 0.29) is 6.04 Å². The van der Waals surface area contributed by atoms with Crippen LogP contribution in [-0.2, 0) is 6.42 Å². The highest BCUT2D eigenvalue weighted by atomic mass is 16.5. The lowest BCUT2D eigenvalue weighted by atomic mass is 10.0. The maximum Gasteiger partial charge on any atom is 0.168 e.